The Morgan fingerprint density at radius 2 is 2.00 bits per heavy atom. The van der Waals surface area contributed by atoms with Gasteiger partial charge in [0.15, 0.2) is 0 Å². The second-order valence-corrected chi connectivity index (χ2v) is 5.55. The van der Waals surface area contributed by atoms with Crippen LogP contribution in [0.4, 0.5) is 18.9 Å². The number of aromatic nitrogens is 1. The monoisotopic (exact) mass is 312 g/mol. The van der Waals surface area contributed by atoms with Crippen molar-refractivity contribution in [2.75, 3.05) is 18.1 Å². The Bertz CT molecular complexity index is 781. The molecule has 0 fully saturated rings. The van der Waals surface area contributed by atoms with Crippen molar-refractivity contribution in [3.8, 4) is 5.75 Å². The first-order valence-corrected chi connectivity index (χ1v) is 6.95. The molecule has 1 aliphatic heterocycles. The summed E-state index contributed by atoms with van der Waals surface area (Å²) in [6.07, 6.45) is -4.59. The number of ether oxygens (including phenoxy) is 1. The lowest BCUT2D eigenvalue weighted by Gasteiger charge is -2.34. The van der Waals surface area contributed by atoms with E-state index in [1.165, 1.54) is 6.07 Å². The summed E-state index contributed by atoms with van der Waals surface area (Å²) in [5.41, 5.74) is -0.856. The maximum absolute atomic E-state index is 13.1. The van der Waals surface area contributed by atoms with E-state index in [9.17, 15) is 18.0 Å². The summed E-state index contributed by atoms with van der Waals surface area (Å²) in [5, 5.41) is -0.0588. The van der Waals surface area contributed by atoms with Gasteiger partial charge in [-0.15, -0.1) is 0 Å². The molecule has 0 saturated carbocycles. The van der Waals surface area contributed by atoms with Gasteiger partial charge in [-0.3, -0.25) is 4.79 Å². The third-order valence-corrected chi connectivity index (χ3v) is 3.75. The Morgan fingerprint density at radius 3 is 2.64 bits per heavy atom. The van der Waals surface area contributed by atoms with Crippen molar-refractivity contribution in [1.29, 1.82) is 0 Å². The average molecular weight is 312 g/mol. The van der Waals surface area contributed by atoms with Gasteiger partial charge in [-0.05, 0) is 26.0 Å². The highest BCUT2D eigenvalue weighted by atomic mass is 19.4. The number of aromatic amines is 1. The van der Waals surface area contributed by atoms with Crippen LogP contribution in [0.3, 0.4) is 0 Å². The molecule has 0 saturated heterocycles. The minimum Gasteiger partial charge on any atom is -0.490 e. The zero-order valence-electron chi connectivity index (χ0n) is 12.1. The van der Waals surface area contributed by atoms with Crippen LogP contribution in [0, 0.1) is 0 Å². The van der Waals surface area contributed by atoms with Crippen LogP contribution in [-0.2, 0) is 6.18 Å². The molecule has 3 rings (SSSR count). The normalized spacial score (nSPS) is 15.1. The quantitative estimate of drug-likeness (QED) is 0.880. The summed E-state index contributed by atoms with van der Waals surface area (Å²) >= 11 is 0. The summed E-state index contributed by atoms with van der Waals surface area (Å²) in [6.45, 7) is 5.06. The Hall–Kier alpha value is -2.18. The molecule has 0 radical (unpaired) electrons. The summed E-state index contributed by atoms with van der Waals surface area (Å²) < 4.78 is 44.9. The first kappa shape index (κ1) is 14.7. The van der Waals surface area contributed by atoms with Gasteiger partial charge in [0.05, 0.1) is 23.3 Å². The van der Waals surface area contributed by atoms with Crippen molar-refractivity contribution in [3.63, 3.8) is 0 Å². The predicted molar refractivity (Wildman–Crippen MR) is 77.5 cm³/mol. The number of nitrogens with zero attached hydrogens (tertiary/aromatic N) is 1. The molecule has 1 aliphatic rings. The third-order valence-electron chi connectivity index (χ3n) is 3.75. The number of rotatable bonds is 1. The summed E-state index contributed by atoms with van der Waals surface area (Å²) in [5.74, 6) is 0.407. The number of benzene rings is 1. The molecule has 0 atom stereocenters. The summed E-state index contributed by atoms with van der Waals surface area (Å²) in [7, 11) is 0. The molecule has 0 unspecified atom stereocenters. The van der Waals surface area contributed by atoms with Crippen molar-refractivity contribution in [3.05, 3.63) is 34.1 Å². The van der Waals surface area contributed by atoms with Crippen LogP contribution in [0.2, 0.25) is 0 Å². The van der Waals surface area contributed by atoms with Crippen molar-refractivity contribution in [2.24, 2.45) is 0 Å². The minimum absolute atomic E-state index is 0.0588. The number of halogens is 3. The van der Waals surface area contributed by atoms with Crippen LogP contribution in [0.1, 0.15) is 19.4 Å². The van der Waals surface area contributed by atoms with Gasteiger partial charge in [-0.2, -0.15) is 13.2 Å². The van der Waals surface area contributed by atoms with Crippen LogP contribution >= 0.6 is 0 Å². The molecule has 0 spiro atoms. The average Bonchev–Trinajstić information content (AvgIpc) is 2.42. The van der Waals surface area contributed by atoms with E-state index >= 15 is 0 Å². The topological polar surface area (TPSA) is 45.3 Å². The molecule has 4 nitrogen and oxygen atoms in total. The fourth-order valence-electron chi connectivity index (χ4n) is 2.76. The molecule has 1 aromatic carbocycles. The van der Waals surface area contributed by atoms with E-state index in [1.54, 1.807) is 6.07 Å². The first-order valence-electron chi connectivity index (χ1n) is 6.95. The number of H-pyrrole nitrogens is 1. The Balaban J connectivity index is 2.30. The SMILES string of the molecule is CC(C)N1CCOc2cc3c(C(F)(F)F)cc(=O)[nH]c3cc21. The van der Waals surface area contributed by atoms with Gasteiger partial charge in [0.25, 0.3) is 0 Å². The molecule has 22 heavy (non-hydrogen) atoms. The first-order chi connectivity index (χ1) is 10.3. The number of alkyl halides is 3. The maximum atomic E-state index is 13.1. The van der Waals surface area contributed by atoms with E-state index in [4.69, 9.17) is 4.74 Å². The summed E-state index contributed by atoms with van der Waals surface area (Å²) in [4.78, 5) is 16.0. The highest BCUT2D eigenvalue weighted by Gasteiger charge is 2.34. The van der Waals surface area contributed by atoms with E-state index in [2.05, 4.69) is 4.98 Å². The molecule has 7 heteroatoms. The van der Waals surface area contributed by atoms with Crippen LogP contribution in [0.25, 0.3) is 10.9 Å². The predicted octanol–water partition coefficient (Wildman–Crippen LogP) is 3.15. The third kappa shape index (κ3) is 2.40. The highest BCUT2D eigenvalue weighted by molar-refractivity contribution is 5.89. The Kier molecular flexibility index (Phi) is 3.30. The second-order valence-electron chi connectivity index (χ2n) is 5.55. The molecule has 0 bridgehead atoms. The van der Waals surface area contributed by atoms with Gasteiger partial charge in [0, 0.05) is 17.5 Å². The van der Waals surface area contributed by atoms with E-state index in [0.717, 1.165) is 0 Å². The molecule has 1 N–H and O–H groups in total. The Morgan fingerprint density at radius 1 is 1.27 bits per heavy atom. The lowest BCUT2D eigenvalue weighted by molar-refractivity contribution is -0.136. The zero-order valence-corrected chi connectivity index (χ0v) is 12.1. The number of anilines is 1. The number of nitrogens with one attached hydrogen (secondary N) is 1. The summed E-state index contributed by atoms with van der Waals surface area (Å²) in [6, 6.07) is 3.67. The smallest absolute Gasteiger partial charge is 0.417 e. The number of hydrogen-bond donors (Lipinski definition) is 1. The lowest BCUT2D eigenvalue weighted by Crippen LogP contribution is -2.38. The minimum atomic E-state index is -4.59. The zero-order chi connectivity index (χ0) is 16.1. The number of hydrogen-bond acceptors (Lipinski definition) is 3. The van der Waals surface area contributed by atoms with E-state index in [0.29, 0.717) is 30.7 Å². The van der Waals surface area contributed by atoms with Crippen molar-refractivity contribution < 1.29 is 17.9 Å². The lowest BCUT2D eigenvalue weighted by atomic mass is 10.1. The Labute approximate surface area is 124 Å². The highest BCUT2D eigenvalue weighted by Crippen LogP contribution is 2.40. The van der Waals surface area contributed by atoms with Crippen LogP contribution in [0.5, 0.6) is 5.75 Å². The molecule has 0 amide bonds. The van der Waals surface area contributed by atoms with Gasteiger partial charge >= 0.3 is 6.18 Å². The largest absolute Gasteiger partial charge is 0.490 e. The fourth-order valence-corrected chi connectivity index (χ4v) is 2.76. The fraction of sp³-hybridized carbons (Fsp3) is 0.400. The molecule has 0 aliphatic carbocycles. The van der Waals surface area contributed by atoms with Gasteiger partial charge in [0.1, 0.15) is 12.4 Å². The van der Waals surface area contributed by atoms with E-state index in [1.807, 2.05) is 18.7 Å². The van der Waals surface area contributed by atoms with Gasteiger partial charge in [-0.1, -0.05) is 0 Å². The molecular weight excluding hydrogens is 297 g/mol. The second kappa shape index (κ2) is 4.93. The van der Waals surface area contributed by atoms with E-state index in [-0.39, 0.29) is 16.9 Å². The molecular formula is C15H15F3N2O2. The van der Waals surface area contributed by atoms with Crippen LogP contribution < -0.4 is 15.2 Å². The number of fused-ring (bicyclic) bond motifs is 2. The standard InChI is InChI=1S/C15H15F3N2O2/c1-8(2)20-3-4-22-13-5-9-10(15(16,17)18)6-14(21)19-11(9)7-12(13)20/h5-8H,3-4H2,1-2H3,(H,19,21). The van der Waals surface area contributed by atoms with Gasteiger partial charge in [-0.25, -0.2) is 0 Å². The van der Waals surface area contributed by atoms with Crippen LogP contribution in [0.15, 0.2) is 23.0 Å². The van der Waals surface area contributed by atoms with Crippen molar-refractivity contribution in [1.82, 2.24) is 4.98 Å². The van der Waals surface area contributed by atoms with Crippen LogP contribution in [-0.4, -0.2) is 24.2 Å². The molecule has 2 aromatic rings. The van der Waals surface area contributed by atoms with Crippen molar-refractivity contribution >= 4 is 16.6 Å². The maximum Gasteiger partial charge on any atom is 0.417 e. The van der Waals surface area contributed by atoms with Gasteiger partial charge in [0.2, 0.25) is 5.56 Å². The molecule has 2 heterocycles. The molecule has 118 valence electrons. The van der Waals surface area contributed by atoms with E-state index < -0.39 is 17.3 Å². The van der Waals surface area contributed by atoms with Crippen molar-refractivity contribution in [2.45, 2.75) is 26.1 Å². The number of pyridine rings is 1. The van der Waals surface area contributed by atoms with Gasteiger partial charge < -0.3 is 14.6 Å². The molecule has 1 aromatic heterocycles.